The summed E-state index contributed by atoms with van der Waals surface area (Å²) in [6.07, 6.45) is 0.641. The largest absolute Gasteiger partial charge is 0.392 e. The van der Waals surface area contributed by atoms with Crippen molar-refractivity contribution in [2.24, 2.45) is 0 Å². The van der Waals surface area contributed by atoms with E-state index < -0.39 is 10.0 Å². The minimum absolute atomic E-state index is 0.159. The Morgan fingerprint density at radius 2 is 1.80 bits per heavy atom. The minimum atomic E-state index is -3.51. The molecular weight excluding hydrogens is 276 g/mol. The lowest BCUT2D eigenvalue weighted by atomic mass is 10.1. The van der Waals surface area contributed by atoms with E-state index in [0.717, 1.165) is 5.56 Å². The summed E-state index contributed by atoms with van der Waals surface area (Å²) in [5.74, 6) is 0. The molecule has 0 spiro atoms. The molecule has 0 radical (unpaired) electrons. The molecule has 0 saturated carbocycles. The molecule has 0 amide bonds. The van der Waals surface area contributed by atoms with Gasteiger partial charge in [-0.05, 0) is 37.7 Å². The molecule has 5 nitrogen and oxygen atoms in total. The summed E-state index contributed by atoms with van der Waals surface area (Å²) in [5.41, 5.74) is 1.39. The summed E-state index contributed by atoms with van der Waals surface area (Å²) >= 11 is 0. The second-order valence-electron chi connectivity index (χ2n) is 5.08. The van der Waals surface area contributed by atoms with Gasteiger partial charge in [0.25, 0.3) is 0 Å². The van der Waals surface area contributed by atoms with Crippen molar-refractivity contribution in [2.75, 3.05) is 34.2 Å². The topological polar surface area (TPSA) is 60.9 Å². The van der Waals surface area contributed by atoms with E-state index in [-0.39, 0.29) is 6.61 Å². The van der Waals surface area contributed by atoms with Gasteiger partial charge in [0.2, 0.25) is 10.0 Å². The van der Waals surface area contributed by atoms with E-state index in [1.54, 1.807) is 25.2 Å². The Balaban J connectivity index is 3.13. The van der Waals surface area contributed by atoms with E-state index >= 15 is 0 Å². The standard InChI is InChI=1S/C14H24N2O3S/c1-5-13-7-6-12(11-17)10-14(13)20(18,19)16(4)9-8-15(2)3/h6-7,10,17H,5,8-9,11H2,1-4H3. The van der Waals surface area contributed by atoms with Crippen molar-refractivity contribution < 1.29 is 13.5 Å². The van der Waals surface area contributed by atoms with E-state index in [0.29, 0.717) is 30.0 Å². The van der Waals surface area contributed by atoms with Crippen molar-refractivity contribution in [1.82, 2.24) is 9.21 Å². The molecule has 0 heterocycles. The Labute approximate surface area is 121 Å². The van der Waals surface area contributed by atoms with Crippen LogP contribution in [0.5, 0.6) is 0 Å². The lowest BCUT2D eigenvalue weighted by Crippen LogP contribution is -2.34. The highest BCUT2D eigenvalue weighted by Crippen LogP contribution is 2.21. The SMILES string of the molecule is CCc1ccc(CO)cc1S(=O)(=O)N(C)CCN(C)C. The highest BCUT2D eigenvalue weighted by molar-refractivity contribution is 7.89. The van der Waals surface area contributed by atoms with Gasteiger partial charge in [0.15, 0.2) is 0 Å². The second kappa shape index (κ2) is 7.17. The lowest BCUT2D eigenvalue weighted by Gasteiger charge is -2.21. The predicted molar refractivity (Wildman–Crippen MR) is 80.1 cm³/mol. The van der Waals surface area contributed by atoms with Gasteiger partial charge in [-0.3, -0.25) is 0 Å². The van der Waals surface area contributed by atoms with Crippen LogP contribution in [0.25, 0.3) is 0 Å². The van der Waals surface area contributed by atoms with Gasteiger partial charge in [0.1, 0.15) is 0 Å². The molecule has 20 heavy (non-hydrogen) atoms. The van der Waals surface area contributed by atoms with Gasteiger partial charge in [0, 0.05) is 20.1 Å². The maximum absolute atomic E-state index is 12.6. The third kappa shape index (κ3) is 4.02. The van der Waals surface area contributed by atoms with E-state index in [4.69, 9.17) is 0 Å². The second-order valence-corrected chi connectivity index (χ2v) is 7.10. The molecule has 6 heteroatoms. The molecule has 1 aromatic carbocycles. The number of nitrogens with zero attached hydrogens (tertiary/aromatic N) is 2. The Kier molecular flexibility index (Phi) is 6.13. The Morgan fingerprint density at radius 3 is 2.30 bits per heavy atom. The highest BCUT2D eigenvalue weighted by Gasteiger charge is 2.23. The molecule has 0 aromatic heterocycles. The normalized spacial score (nSPS) is 12.3. The van der Waals surface area contributed by atoms with Crippen molar-refractivity contribution >= 4 is 10.0 Å². The van der Waals surface area contributed by atoms with Crippen molar-refractivity contribution in [2.45, 2.75) is 24.8 Å². The summed E-state index contributed by atoms with van der Waals surface area (Å²) < 4.78 is 26.6. The van der Waals surface area contributed by atoms with Crippen LogP contribution in [0.2, 0.25) is 0 Å². The summed E-state index contributed by atoms with van der Waals surface area (Å²) in [5, 5.41) is 9.19. The molecule has 114 valence electrons. The molecule has 0 bridgehead atoms. The van der Waals surface area contributed by atoms with Crippen LogP contribution in [0.1, 0.15) is 18.1 Å². The van der Waals surface area contributed by atoms with Crippen LogP contribution in [0.15, 0.2) is 23.1 Å². The van der Waals surface area contributed by atoms with Crippen LogP contribution in [0.3, 0.4) is 0 Å². The van der Waals surface area contributed by atoms with Crippen molar-refractivity contribution in [3.05, 3.63) is 29.3 Å². The zero-order valence-electron chi connectivity index (χ0n) is 12.6. The number of likely N-dealkylation sites (N-methyl/N-ethyl adjacent to an activating group) is 2. The fourth-order valence-electron chi connectivity index (χ4n) is 1.86. The molecule has 1 rings (SSSR count). The van der Waals surface area contributed by atoms with E-state index in [1.807, 2.05) is 25.9 Å². The Hall–Kier alpha value is -0.950. The van der Waals surface area contributed by atoms with Gasteiger partial charge in [-0.15, -0.1) is 0 Å². The average Bonchev–Trinajstić information content (AvgIpc) is 2.43. The van der Waals surface area contributed by atoms with Crippen molar-refractivity contribution in [3.63, 3.8) is 0 Å². The summed E-state index contributed by atoms with van der Waals surface area (Å²) in [4.78, 5) is 2.24. The number of benzene rings is 1. The summed E-state index contributed by atoms with van der Waals surface area (Å²) in [6.45, 7) is 2.86. The van der Waals surface area contributed by atoms with Crippen molar-refractivity contribution in [1.29, 1.82) is 0 Å². The highest BCUT2D eigenvalue weighted by atomic mass is 32.2. The number of hydrogen-bond donors (Lipinski definition) is 1. The lowest BCUT2D eigenvalue weighted by molar-refractivity contribution is 0.281. The number of aryl methyl sites for hydroxylation is 1. The quantitative estimate of drug-likeness (QED) is 0.813. The van der Waals surface area contributed by atoms with Crippen molar-refractivity contribution in [3.8, 4) is 0 Å². The zero-order valence-corrected chi connectivity index (χ0v) is 13.4. The van der Waals surface area contributed by atoms with E-state index in [2.05, 4.69) is 0 Å². The molecule has 0 fully saturated rings. The third-order valence-corrected chi connectivity index (χ3v) is 5.18. The molecule has 1 aromatic rings. The Morgan fingerprint density at radius 1 is 1.15 bits per heavy atom. The first kappa shape index (κ1) is 17.1. The van der Waals surface area contributed by atoms with Crippen LogP contribution >= 0.6 is 0 Å². The number of sulfonamides is 1. The van der Waals surface area contributed by atoms with Gasteiger partial charge in [-0.1, -0.05) is 19.1 Å². The van der Waals surface area contributed by atoms with Gasteiger partial charge in [0.05, 0.1) is 11.5 Å². The molecule has 0 aliphatic heterocycles. The van der Waals surface area contributed by atoms with Gasteiger partial charge in [-0.25, -0.2) is 8.42 Å². The monoisotopic (exact) mass is 300 g/mol. The molecule has 0 unspecified atom stereocenters. The first-order valence-electron chi connectivity index (χ1n) is 6.66. The first-order valence-corrected chi connectivity index (χ1v) is 8.10. The van der Waals surface area contributed by atoms with Crippen LogP contribution in [0.4, 0.5) is 0 Å². The molecule has 0 aliphatic rings. The first-order chi connectivity index (χ1) is 9.32. The summed E-state index contributed by atoms with van der Waals surface area (Å²) in [6, 6.07) is 5.11. The molecule has 0 aliphatic carbocycles. The number of hydrogen-bond acceptors (Lipinski definition) is 4. The predicted octanol–water partition coefficient (Wildman–Crippen LogP) is 0.923. The zero-order chi connectivity index (χ0) is 15.3. The smallest absolute Gasteiger partial charge is 0.243 e. The fraction of sp³-hybridized carbons (Fsp3) is 0.571. The van der Waals surface area contributed by atoms with E-state index in [9.17, 15) is 13.5 Å². The Bertz CT molecular complexity index is 541. The molecular formula is C14H24N2O3S. The van der Waals surface area contributed by atoms with Gasteiger partial charge < -0.3 is 10.0 Å². The van der Waals surface area contributed by atoms with Crippen LogP contribution in [-0.2, 0) is 23.1 Å². The summed E-state index contributed by atoms with van der Waals surface area (Å²) in [7, 11) is 1.89. The third-order valence-electron chi connectivity index (χ3n) is 3.25. The fourth-order valence-corrected chi connectivity index (χ4v) is 3.36. The van der Waals surface area contributed by atoms with Gasteiger partial charge in [-0.2, -0.15) is 4.31 Å². The average molecular weight is 300 g/mol. The maximum Gasteiger partial charge on any atom is 0.243 e. The maximum atomic E-state index is 12.6. The van der Waals surface area contributed by atoms with Gasteiger partial charge >= 0.3 is 0 Å². The number of rotatable bonds is 7. The molecule has 0 saturated heterocycles. The van der Waals surface area contributed by atoms with E-state index in [1.165, 1.54) is 4.31 Å². The van der Waals surface area contributed by atoms with Crippen LogP contribution < -0.4 is 0 Å². The van der Waals surface area contributed by atoms with Crippen LogP contribution in [-0.4, -0.2) is 57.0 Å². The minimum Gasteiger partial charge on any atom is -0.392 e. The van der Waals surface area contributed by atoms with Crippen LogP contribution in [0, 0.1) is 0 Å². The molecule has 1 N–H and O–H groups in total. The number of aliphatic hydroxyl groups is 1. The molecule has 0 atom stereocenters. The number of aliphatic hydroxyl groups excluding tert-OH is 1.